The molecule has 0 heterocycles. The van der Waals surface area contributed by atoms with Crippen molar-refractivity contribution in [2.75, 3.05) is 91.6 Å². The van der Waals surface area contributed by atoms with Crippen LogP contribution in [-0.4, -0.2) is 85.9 Å². The first-order valence-electron chi connectivity index (χ1n) is 9.88. The molecule has 29 heavy (non-hydrogen) atoms. The molecule has 0 amide bonds. The minimum Gasteiger partial charge on any atom is -0.491 e. The minimum atomic E-state index is 0.487. The molecule has 2 N–H and O–H groups in total. The van der Waals surface area contributed by atoms with Gasteiger partial charge in [0.2, 0.25) is 0 Å². The van der Waals surface area contributed by atoms with E-state index in [2.05, 4.69) is 6.58 Å². The Labute approximate surface area is 173 Å². The van der Waals surface area contributed by atoms with Crippen LogP contribution in [0, 0.1) is 0 Å². The highest BCUT2D eigenvalue weighted by Gasteiger charge is 1.95. The van der Waals surface area contributed by atoms with Crippen LogP contribution < -0.4 is 10.5 Å². The Hall–Kier alpha value is -1.68. The van der Waals surface area contributed by atoms with Crippen LogP contribution in [0.1, 0.15) is 0 Å². The van der Waals surface area contributed by atoms with Crippen molar-refractivity contribution in [2.24, 2.45) is 0 Å². The molecule has 1 aromatic rings. The molecule has 0 radical (unpaired) electrons. The van der Waals surface area contributed by atoms with Crippen molar-refractivity contribution in [1.29, 1.82) is 0 Å². The number of benzene rings is 1. The molecule has 0 saturated heterocycles. The van der Waals surface area contributed by atoms with Crippen molar-refractivity contribution in [2.45, 2.75) is 0 Å². The molecule has 0 aromatic heterocycles. The molecule has 0 unspecified atom stereocenters. The molecule has 0 spiro atoms. The maximum Gasteiger partial charge on any atom is 0.119 e. The minimum absolute atomic E-state index is 0.487. The van der Waals surface area contributed by atoms with Gasteiger partial charge < -0.3 is 38.9 Å². The molecule has 1 rings (SSSR count). The van der Waals surface area contributed by atoms with Gasteiger partial charge in [-0.05, 0) is 24.3 Å². The Morgan fingerprint density at radius 2 is 0.966 bits per heavy atom. The summed E-state index contributed by atoms with van der Waals surface area (Å²) in [5.74, 6) is 0.779. The van der Waals surface area contributed by atoms with Gasteiger partial charge in [-0.25, -0.2) is 0 Å². The molecular formula is C21H35NO7. The van der Waals surface area contributed by atoms with Gasteiger partial charge in [-0.2, -0.15) is 0 Å². The quantitative estimate of drug-likeness (QED) is 0.186. The van der Waals surface area contributed by atoms with E-state index in [0.717, 1.165) is 5.75 Å². The predicted molar refractivity (Wildman–Crippen MR) is 111 cm³/mol. The van der Waals surface area contributed by atoms with Gasteiger partial charge in [0.25, 0.3) is 0 Å². The van der Waals surface area contributed by atoms with Gasteiger partial charge in [0.05, 0.1) is 79.3 Å². The molecule has 0 fully saturated rings. The lowest BCUT2D eigenvalue weighted by atomic mass is 10.3. The van der Waals surface area contributed by atoms with Gasteiger partial charge in [-0.15, -0.1) is 6.58 Å². The van der Waals surface area contributed by atoms with Crippen LogP contribution in [0.15, 0.2) is 36.9 Å². The molecule has 0 aliphatic rings. The molecule has 8 nitrogen and oxygen atoms in total. The summed E-state index contributed by atoms with van der Waals surface area (Å²) >= 11 is 0. The second kappa shape index (κ2) is 19.6. The Balaban J connectivity index is 1.70. The number of hydrogen-bond acceptors (Lipinski definition) is 8. The van der Waals surface area contributed by atoms with Crippen molar-refractivity contribution in [3.63, 3.8) is 0 Å². The van der Waals surface area contributed by atoms with E-state index in [4.69, 9.17) is 38.9 Å². The Morgan fingerprint density at radius 1 is 0.586 bits per heavy atom. The fourth-order valence-corrected chi connectivity index (χ4v) is 2.05. The number of anilines is 1. The third-order valence-corrected chi connectivity index (χ3v) is 3.47. The number of nitrogens with two attached hydrogens (primary N) is 1. The summed E-state index contributed by atoms with van der Waals surface area (Å²) < 4.78 is 37.7. The number of hydrogen-bond donors (Lipinski definition) is 1. The van der Waals surface area contributed by atoms with E-state index in [9.17, 15) is 0 Å². The first-order valence-corrected chi connectivity index (χ1v) is 9.88. The van der Waals surface area contributed by atoms with E-state index >= 15 is 0 Å². The molecule has 166 valence electrons. The third kappa shape index (κ3) is 16.9. The summed E-state index contributed by atoms with van der Waals surface area (Å²) in [4.78, 5) is 0. The van der Waals surface area contributed by atoms with Crippen LogP contribution >= 0.6 is 0 Å². The van der Waals surface area contributed by atoms with Crippen LogP contribution in [0.5, 0.6) is 5.75 Å². The summed E-state index contributed by atoms with van der Waals surface area (Å²) in [6.07, 6.45) is 1.71. The normalized spacial score (nSPS) is 10.9. The summed E-state index contributed by atoms with van der Waals surface area (Å²) in [5, 5.41) is 0. The van der Waals surface area contributed by atoms with Crippen LogP contribution in [0.25, 0.3) is 0 Å². The van der Waals surface area contributed by atoms with Gasteiger partial charge in [0, 0.05) is 5.69 Å². The second-order valence-corrected chi connectivity index (χ2v) is 5.84. The van der Waals surface area contributed by atoms with Crippen molar-refractivity contribution in [3.05, 3.63) is 36.9 Å². The van der Waals surface area contributed by atoms with Crippen molar-refractivity contribution in [1.82, 2.24) is 0 Å². The number of nitrogen functional groups attached to an aromatic ring is 1. The molecular weight excluding hydrogens is 378 g/mol. The zero-order valence-corrected chi connectivity index (χ0v) is 17.2. The standard InChI is InChI=1S/C21H35NO7/c1-2-7-23-8-9-24-10-11-25-12-13-26-14-15-27-16-17-28-18-19-29-21-5-3-20(22)4-6-21/h2-6H,1,7-19,22H2. The van der Waals surface area contributed by atoms with E-state index in [1.807, 2.05) is 12.1 Å². The molecule has 0 atom stereocenters. The maximum absolute atomic E-state index is 5.61. The lowest BCUT2D eigenvalue weighted by Crippen LogP contribution is -2.14. The first-order chi connectivity index (χ1) is 14.3. The molecule has 0 aliphatic heterocycles. The Bertz CT molecular complexity index is 484. The monoisotopic (exact) mass is 413 g/mol. The molecule has 8 heteroatoms. The smallest absolute Gasteiger partial charge is 0.119 e. The van der Waals surface area contributed by atoms with Gasteiger partial charge in [-0.3, -0.25) is 0 Å². The Morgan fingerprint density at radius 3 is 1.38 bits per heavy atom. The van der Waals surface area contributed by atoms with Crippen molar-refractivity contribution < 1.29 is 33.2 Å². The topological polar surface area (TPSA) is 90.6 Å². The third-order valence-electron chi connectivity index (χ3n) is 3.47. The van der Waals surface area contributed by atoms with E-state index in [1.165, 1.54) is 0 Å². The highest BCUT2D eigenvalue weighted by Crippen LogP contribution is 2.12. The summed E-state index contributed by atoms with van der Waals surface area (Å²) in [5.41, 5.74) is 6.33. The molecule has 0 saturated carbocycles. The average molecular weight is 414 g/mol. The highest BCUT2D eigenvalue weighted by molar-refractivity contribution is 5.41. The van der Waals surface area contributed by atoms with Crippen LogP contribution in [-0.2, 0) is 28.4 Å². The second-order valence-electron chi connectivity index (χ2n) is 5.84. The van der Waals surface area contributed by atoms with Gasteiger partial charge >= 0.3 is 0 Å². The summed E-state index contributed by atoms with van der Waals surface area (Å²) in [6, 6.07) is 7.27. The van der Waals surface area contributed by atoms with Gasteiger partial charge in [0.1, 0.15) is 12.4 Å². The zero-order chi connectivity index (χ0) is 20.8. The highest BCUT2D eigenvalue weighted by atomic mass is 16.6. The fraction of sp³-hybridized carbons (Fsp3) is 0.619. The largest absolute Gasteiger partial charge is 0.491 e. The number of ether oxygens (including phenoxy) is 7. The summed E-state index contributed by atoms with van der Waals surface area (Å²) in [7, 11) is 0. The Kier molecular flexibility index (Phi) is 17.2. The van der Waals surface area contributed by atoms with E-state index in [0.29, 0.717) is 91.6 Å². The lowest BCUT2D eigenvalue weighted by molar-refractivity contribution is -0.0168. The van der Waals surface area contributed by atoms with Gasteiger partial charge in [0.15, 0.2) is 0 Å². The average Bonchev–Trinajstić information content (AvgIpc) is 2.73. The van der Waals surface area contributed by atoms with Crippen LogP contribution in [0.3, 0.4) is 0 Å². The molecule has 1 aromatic carbocycles. The van der Waals surface area contributed by atoms with Crippen LogP contribution in [0.4, 0.5) is 5.69 Å². The predicted octanol–water partition coefficient (Wildman–Crippen LogP) is 1.93. The fourth-order valence-electron chi connectivity index (χ4n) is 2.05. The molecule has 0 bridgehead atoms. The van der Waals surface area contributed by atoms with E-state index < -0.39 is 0 Å². The van der Waals surface area contributed by atoms with Crippen molar-refractivity contribution >= 4 is 5.69 Å². The van der Waals surface area contributed by atoms with Gasteiger partial charge in [-0.1, -0.05) is 6.08 Å². The SMILES string of the molecule is C=CCOCCOCCOCCOCCOCCOCCOc1ccc(N)cc1. The van der Waals surface area contributed by atoms with Crippen LogP contribution in [0.2, 0.25) is 0 Å². The first kappa shape index (κ1) is 25.4. The lowest BCUT2D eigenvalue weighted by Gasteiger charge is -2.09. The van der Waals surface area contributed by atoms with E-state index in [1.54, 1.807) is 18.2 Å². The van der Waals surface area contributed by atoms with Crippen molar-refractivity contribution in [3.8, 4) is 5.75 Å². The van der Waals surface area contributed by atoms with E-state index in [-0.39, 0.29) is 0 Å². The number of rotatable bonds is 21. The zero-order valence-electron chi connectivity index (χ0n) is 17.2. The maximum atomic E-state index is 5.61. The summed E-state index contributed by atoms with van der Waals surface area (Å²) in [6.45, 7) is 10.5. The molecule has 0 aliphatic carbocycles.